The second-order valence-electron chi connectivity index (χ2n) is 7.20. The zero-order valence-corrected chi connectivity index (χ0v) is 16.5. The number of pyridine rings is 1. The molecule has 2 aromatic heterocycles. The van der Waals surface area contributed by atoms with Gasteiger partial charge in [0, 0.05) is 37.5 Å². The van der Waals surface area contributed by atoms with Crippen molar-refractivity contribution in [3.63, 3.8) is 0 Å². The van der Waals surface area contributed by atoms with E-state index in [1.54, 1.807) is 29.3 Å². The summed E-state index contributed by atoms with van der Waals surface area (Å²) >= 11 is 0. The lowest BCUT2D eigenvalue weighted by Crippen LogP contribution is -2.47. The molecule has 0 atom stereocenters. The molecule has 0 spiro atoms. The molecule has 146 valence electrons. The lowest BCUT2D eigenvalue weighted by molar-refractivity contribution is -0.124. The molecule has 2 amide bonds. The van der Waals surface area contributed by atoms with Gasteiger partial charge < -0.3 is 10.2 Å². The van der Waals surface area contributed by atoms with Gasteiger partial charge in [0.25, 0.3) is 5.91 Å². The number of sulfone groups is 1. The molecule has 1 saturated heterocycles. The van der Waals surface area contributed by atoms with Crippen LogP contribution in [0.25, 0.3) is 5.52 Å². The van der Waals surface area contributed by atoms with E-state index in [0.29, 0.717) is 31.4 Å². The highest BCUT2D eigenvalue weighted by molar-refractivity contribution is 7.90. The second kappa shape index (κ2) is 7.30. The SMILES string of the molecule is CC(C)C(=O)NC1CCN(C(=O)c2nc(S(C)(=O)=O)n3ccccc23)CC1. The number of imidazole rings is 1. The Morgan fingerprint density at radius 1 is 1.22 bits per heavy atom. The van der Waals surface area contributed by atoms with Gasteiger partial charge in [0.15, 0.2) is 5.69 Å². The molecule has 1 aliphatic heterocycles. The van der Waals surface area contributed by atoms with Crippen molar-refractivity contribution in [2.45, 2.75) is 37.9 Å². The number of piperidine rings is 1. The minimum absolute atomic E-state index is 0.0117. The Balaban J connectivity index is 1.79. The van der Waals surface area contributed by atoms with Crippen molar-refractivity contribution in [3.8, 4) is 0 Å². The Hall–Kier alpha value is -2.42. The fourth-order valence-electron chi connectivity index (χ4n) is 3.17. The Bertz CT molecular complexity index is 972. The maximum absolute atomic E-state index is 13.0. The number of hydrogen-bond acceptors (Lipinski definition) is 5. The number of nitrogens with zero attached hydrogens (tertiary/aromatic N) is 3. The van der Waals surface area contributed by atoms with Crippen LogP contribution in [0, 0.1) is 5.92 Å². The lowest BCUT2D eigenvalue weighted by Gasteiger charge is -2.32. The van der Waals surface area contributed by atoms with Crippen LogP contribution in [0.1, 0.15) is 37.2 Å². The monoisotopic (exact) mass is 392 g/mol. The van der Waals surface area contributed by atoms with Gasteiger partial charge >= 0.3 is 0 Å². The zero-order valence-electron chi connectivity index (χ0n) is 15.7. The Morgan fingerprint density at radius 3 is 2.48 bits per heavy atom. The zero-order chi connectivity index (χ0) is 19.8. The summed E-state index contributed by atoms with van der Waals surface area (Å²) in [6.07, 6.45) is 3.99. The molecule has 0 bridgehead atoms. The highest BCUT2D eigenvalue weighted by Crippen LogP contribution is 2.20. The number of nitrogens with one attached hydrogen (secondary N) is 1. The highest BCUT2D eigenvalue weighted by atomic mass is 32.2. The number of likely N-dealkylation sites (tertiary alicyclic amines) is 1. The predicted octanol–water partition coefficient (Wildman–Crippen LogP) is 1.11. The van der Waals surface area contributed by atoms with Crippen molar-refractivity contribution in [1.82, 2.24) is 19.6 Å². The van der Waals surface area contributed by atoms with Crippen LogP contribution in [-0.4, -0.2) is 59.9 Å². The van der Waals surface area contributed by atoms with Gasteiger partial charge in [-0.25, -0.2) is 13.4 Å². The Morgan fingerprint density at radius 2 is 1.89 bits per heavy atom. The number of rotatable bonds is 4. The molecular formula is C18H24N4O4S. The number of hydrogen-bond donors (Lipinski definition) is 1. The van der Waals surface area contributed by atoms with E-state index in [-0.39, 0.29) is 34.6 Å². The Kier molecular flexibility index (Phi) is 5.23. The number of fused-ring (bicyclic) bond motifs is 1. The van der Waals surface area contributed by atoms with E-state index in [2.05, 4.69) is 10.3 Å². The molecule has 2 aromatic rings. The number of carbonyl (C=O) groups is 2. The molecule has 0 radical (unpaired) electrons. The maximum atomic E-state index is 13.0. The molecular weight excluding hydrogens is 368 g/mol. The van der Waals surface area contributed by atoms with Crippen LogP contribution in [-0.2, 0) is 14.6 Å². The molecule has 27 heavy (non-hydrogen) atoms. The summed E-state index contributed by atoms with van der Waals surface area (Å²) in [6.45, 7) is 4.66. The first-order valence-electron chi connectivity index (χ1n) is 8.95. The summed E-state index contributed by atoms with van der Waals surface area (Å²) in [7, 11) is -3.57. The molecule has 9 heteroatoms. The van der Waals surface area contributed by atoms with E-state index in [1.165, 1.54) is 4.40 Å². The van der Waals surface area contributed by atoms with Crippen LogP contribution in [0.5, 0.6) is 0 Å². The molecule has 0 unspecified atom stereocenters. The van der Waals surface area contributed by atoms with Crippen LogP contribution < -0.4 is 5.32 Å². The Labute approximate surface area is 158 Å². The fraction of sp³-hybridized carbons (Fsp3) is 0.500. The minimum Gasteiger partial charge on any atom is -0.353 e. The van der Waals surface area contributed by atoms with E-state index < -0.39 is 9.84 Å². The van der Waals surface area contributed by atoms with Crippen LogP contribution in [0.2, 0.25) is 0 Å². The normalized spacial score (nSPS) is 16.1. The first-order chi connectivity index (χ1) is 12.7. The molecule has 0 aliphatic carbocycles. The maximum Gasteiger partial charge on any atom is 0.274 e. The van der Waals surface area contributed by atoms with Gasteiger partial charge in [0.2, 0.25) is 20.9 Å². The summed E-state index contributed by atoms with van der Waals surface area (Å²) in [5.74, 6) is -0.351. The van der Waals surface area contributed by atoms with Gasteiger partial charge in [-0.05, 0) is 25.0 Å². The summed E-state index contributed by atoms with van der Waals surface area (Å²) in [5.41, 5.74) is 0.610. The van der Waals surface area contributed by atoms with E-state index in [0.717, 1.165) is 6.26 Å². The van der Waals surface area contributed by atoms with Crippen molar-refractivity contribution >= 4 is 27.2 Å². The van der Waals surface area contributed by atoms with Crippen molar-refractivity contribution in [3.05, 3.63) is 30.1 Å². The van der Waals surface area contributed by atoms with E-state index in [1.807, 2.05) is 13.8 Å². The van der Waals surface area contributed by atoms with Crippen LogP contribution >= 0.6 is 0 Å². The predicted molar refractivity (Wildman–Crippen MR) is 100 cm³/mol. The molecule has 1 N–H and O–H groups in total. The topological polar surface area (TPSA) is 101 Å². The third-order valence-electron chi connectivity index (χ3n) is 4.70. The molecule has 3 heterocycles. The molecule has 1 fully saturated rings. The molecule has 8 nitrogen and oxygen atoms in total. The summed E-state index contributed by atoms with van der Waals surface area (Å²) in [5, 5.41) is 2.86. The third-order valence-corrected chi connectivity index (χ3v) is 5.65. The fourth-order valence-corrected chi connectivity index (χ4v) is 3.95. The molecule has 0 aromatic carbocycles. The summed E-state index contributed by atoms with van der Waals surface area (Å²) < 4.78 is 25.5. The van der Waals surface area contributed by atoms with Crippen LogP contribution in [0.3, 0.4) is 0 Å². The van der Waals surface area contributed by atoms with Gasteiger partial charge in [0.05, 0.1) is 5.52 Å². The smallest absolute Gasteiger partial charge is 0.274 e. The first kappa shape index (κ1) is 19.3. The third kappa shape index (κ3) is 3.97. The average Bonchev–Trinajstić information content (AvgIpc) is 3.01. The van der Waals surface area contributed by atoms with Crippen molar-refractivity contribution in [2.24, 2.45) is 5.92 Å². The van der Waals surface area contributed by atoms with Crippen LogP contribution in [0.4, 0.5) is 0 Å². The molecule has 3 rings (SSSR count). The van der Waals surface area contributed by atoms with Gasteiger partial charge in [-0.1, -0.05) is 19.9 Å². The first-order valence-corrected chi connectivity index (χ1v) is 10.8. The minimum atomic E-state index is -3.57. The number of carbonyl (C=O) groups excluding carboxylic acids is 2. The van der Waals surface area contributed by atoms with Crippen LogP contribution in [0.15, 0.2) is 29.6 Å². The standard InChI is InChI=1S/C18H24N4O4S/c1-12(2)16(23)19-13-7-10-21(11-8-13)17(24)15-14-6-4-5-9-22(14)18(20-15)27(3,25)26/h4-6,9,12-13H,7-8,10-11H2,1-3H3,(H,19,23). The van der Waals surface area contributed by atoms with Crippen molar-refractivity contribution < 1.29 is 18.0 Å². The van der Waals surface area contributed by atoms with Gasteiger partial charge in [-0.3, -0.25) is 14.0 Å². The molecule has 1 aliphatic rings. The largest absolute Gasteiger partial charge is 0.353 e. The molecule has 0 saturated carbocycles. The highest BCUT2D eigenvalue weighted by Gasteiger charge is 2.29. The lowest BCUT2D eigenvalue weighted by atomic mass is 10.0. The van der Waals surface area contributed by atoms with Gasteiger partial charge in [-0.15, -0.1) is 0 Å². The van der Waals surface area contributed by atoms with E-state index in [4.69, 9.17) is 0 Å². The van der Waals surface area contributed by atoms with E-state index >= 15 is 0 Å². The second-order valence-corrected chi connectivity index (χ2v) is 9.11. The summed E-state index contributed by atoms with van der Waals surface area (Å²) in [6, 6.07) is 5.17. The van der Waals surface area contributed by atoms with Crippen molar-refractivity contribution in [2.75, 3.05) is 19.3 Å². The van der Waals surface area contributed by atoms with Gasteiger partial charge in [-0.2, -0.15) is 0 Å². The van der Waals surface area contributed by atoms with Gasteiger partial charge in [0.1, 0.15) is 0 Å². The summed E-state index contributed by atoms with van der Waals surface area (Å²) in [4.78, 5) is 30.6. The average molecular weight is 392 g/mol. The number of amides is 2. The quantitative estimate of drug-likeness (QED) is 0.840. The van der Waals surface area contributed by atoms with E-state index in [9.17, 15) is 18.0 Å². The van der Waals surface area contributed by atoms with Crippen molar-refractivity contribution in [1.29, 1.82) is 0 Å². The number of aromatic nitrogens is 2.